The van der Waals surface area contributed by atoms with Crippen molar-refractivity contribution in [3.63, 3.8) is 0 Å². The van der Waals surface area contributed by atoms with Gasteiger partial charge in [0.15, 0.2) is 0 Å². The Morgan fingerprint density at radius 3 is 2.33 bits per heavy atom. The summed E-state index contributed by atoms with van der Waals surface area (Å²) in [7, 11) is 2.09. The second-order valence-electron chi connectivity index (χ2n) is 6.18. The van der Waals surface area contributed by atoms with Crippen molar-refractivity contribution in [1.82, 2.24) is 10.3 Å². The summed E-state index contributed by atoms with van der Waals surface area (Å²) in [5.74, 6) is 0.704. The molecule has 3 heteroatoms. The Morgan fingerprint density at radius 1 is 1.14 bits per heavy atom. The highest BCUT2D eigenvalue weighted by Gasteiger charge is 2.38. The van der Waals surface area contributed by atoms with Crippen molar-refractivity contribution >= 4 is 11.3 Å². The second kappa shape index (κ2) is 5.90. The highest BCUT2D eigenvalue weighted by molar-refractivity contribution is 7.11. The summed E-state index contributed by atoms with van der Waals surface area (Å²) < 4.78 is 0. The molecule has 0 amide bonds. The topological polar surface area (TPSA) is 24.9 Å². The predicted molar refractivity (Wildman–Crippen MR) is 90.0 cm³/mol. The number of hydrogen-bond donors (Lipinski definition) is 1. The van der Waals surface area contributed by atoms with Crippen LogP contribution in [0.5, 0.6) is 0 Å². The van der Waals surface area contributed by atoms with Gasteiger partial charge in [0, 0.05) is 4.88 Å². The molecule has 2 nitrogen and oxygen atoms in total. The molecule has 0 bridgehead atoms. The summed E-state index contributed by atoms with van der Waals surface area (Å²) in [5, 5.41) is 4.88. The van der Waals surface area contributed by atoms with Crippen LogP contribution < -0.4 is 5.32 Å². The van der Waals surface area contributed by atoms with Crippen molar-refractivity contribution in [3.8, 4) is 0 Å². The van der Waals surface area contributed by atoms with Gasteiger partial charge in [0.05, 0.1) is 11.2 Å². The van der Waals surface area contributed by atoms with Gasteiger partial charge < -0.3 is 5.32 Å². The van der Waals surface area contributed by atoms with E-state index in [1.165, 1.54) is 46.8 Å². The molecule has 0 atom stereocenters. The minimum Gasteiger partial charge on any atom is -0.308 e. The first-order valence-corrected chi connectivity index (χ1v) is 8.64. The van der Waals surface area contributed by atoms with Crippen molar-refractivity contribution in [2.75, 3.05) is 7.05 Å². The molecule has 0 aliphatic heterocycles. The second-order valence-corrected chi connectivity index (χ2v) is 7.38. The number of nitrogens with one attached hydrogen (secondary N) is 1. The molecule has 1 aliphatic carbocycles. The van der Waals surface area contributed by atoms with Crippen molar-refractivity contribution in [3.05, 3.63) is 51.5 Å². The van der Waals surface area contributed by atoms with Crippen LogP contribution in [-0.2, 0) is 5.54 Å². The van der Waals surface area contributed by atoms with E-state index in [0.29, 0.717) is 5.92 Å². The Bertz CT molecular complexity index is 575. The molecule has 0 unspecified atom stereocenters. The van der Waals surface area contributed by atoms with Gasteiger partial charge in [-0.15, -0.1) is 11.3 Å². The molecule has 21 heavy (non-hydrogen) atoms. The molecule has 1 heterocycles. The molecule has 0 saturated heterocycles. The first-order chi connectivity index (χ1) is 10.1. The third kappa shape index (κ3) is 2.77. The van der Waals surface area contributed by atoms with Gasteiger partial charge in [-0.1, -0.05) is 30.3 Å². The van der Waals surface area contributed by atoms with Gasteiger partial charge >= 0.3 is 0 Å². The maximum atomic E-state index is 4.83. The SMILES string of the molecule is CNC1(c2nc(C)c(C)s2)CCC(c2ccccc2)CC1. The maximum Gasteiger partial charge on any atom is 0.113 e. The average molecular weight is 300 g/mol. The number of thiazole rings is 1. The average Bonchev–Trinajstić information content (AvgIpc) is 2.88. The summed E-state index contributed by atoms with van der Waals surface area (Å²) in [4.78, 5) is 6.18. The first kappa shape index (κ1) is 14.7. The summed E-state index contributed by atoms with van der Waals surface area (Å²) >= 11 is 1.87. The van der Waals surface area contributed by atoms with Crippen LogP contribution in [0.4, 0.5) is 0 Å². The van der Waals surface area contributed by atoms with Crippen LogP contribution in [0, 0.1) is 13.8 Å². The Kier molecular flexibility index (Phi) is 4.14. The largest absolute Gasteiger partial charge is 0.308 e. The number of rotatable bonds is 3. The molecule has 3 rings (SSSR count). The highest BCUT2D eigenvalue weighted by Crippen LogP contribution is 2.44. The quantitative estimate of drug-likeness (QED) is 0.900. The van der Waals surface area contributed by atoms with E-state index < -0.39 is 0 Å². The van der Waals surface area contributed by atoms with E-state index >= 15 is 0 Å². The number of aromatic nitrogens is 1. The first-order valence-electron chi connectivity index (χ1n) is 7.83. The summed E-state index contributed by atoms with van der Waals surface area (Å²) in [6, 6.07) is 11.0. The number of nitrogens with zero attached hydrogens (tertiary/aromatic N) is 1. The van der Waals surface area contributed by atoms with Crippen LogP contribution in [-0.4, -0.2) is 12.0 Å². The lowest BCUT2D eigenvalue weighted by Gasteiger charge is -2.39. The molecule has 2 aromatic rings. The van der Waals surface area contributed by atoms with Gasteiger partial charge in [-0.3, -0.25) is 0 Å². The Hall–Kier alpha value is -1.19. The van der Waals surface area contributed by atoms with Gasteiger partial charge in [-0.25, -0.2) is 4.98 Å². The fraction of sp³-hybridized carbons (Fsp3) is 0.500. The molecule has 1 N–H and O–H groups in total. The van der Waals surface area contributed by atoms with E-state index in [9.17, 15) is 0 Å². The molecule has 0 radical (unpaired) electrons. The van der Waals surface area contributed by atoms with Crippen molar-refractivity contribution < 1.29 is 0 Å². The predicted octanol–water partition coefficient (Wildman–Crippen LogP) is 4.53. The molecule has 1 fully saturated rings. The molecule has 1 aromatic heterocycles. The van der Waals surface area contributed by atoms with Gasteiger partial charge in [0.1, 0.15) is 5.01 Å². The normalized spacial score (nSPS) is 26.0. The van der Waals surface area contributed by atoms with E-state index in [1.54, 1.807) is 0 Å². The van der Waals surface area contributed by atoms with Gasteiger partial charge in [-0.05, 0) is 58.1 Å². The third-order valence-corrected chi connectivity index (χ3v) is 6.30. The van der Waals surface area contributed by atoms with E-state index in [0.717, 1.165) is 0 Å². The van der Waals surface area contributed by atoms with Crippen molar-refractivity contribution in [1.29, 1.82) is 0 Å². The zero-order chi connectivity index (χ0) is 14.9. The van der Waals surface area contributed by atoms with Crippen LogP contribution in [0.2, 0.25) is 0 Å². The van der Waals surface area contributed by atoms with Crippen LogP contribution in [0.3, 0.4) is 0 Å². The van der Waals surface area contributed by atoms with E-state index in [2.05, 4.69) is 56.5 Å². The lowest BCUT2D eigenvalue weighted by Crippen LogP contribution is -2.42. The van der Waals surface area contributed by atoms with E-state index in [-0.39, 0.29) is 5.54 Å². The van der Waals surface area contributed by atoms with Crippen LogP contribution in [0.1, 0.15) is 52.7 Å². The number of aryl methyl sites for hydroxylation is 2. The number of benzene rings is 1. The lowest BCUT2D eigenvalue weighted by molar-refractivity contribution is 0.230. The number of hydrogen-bond acceptors (Lipinski definition) is 3. The van der Waals surface area contributed by atoms with Gasteiger partial charge in [-0.2, -0.15) is 0 Å². The third-order valence-electron chi connectivity index (χ3n) is 5.03. The van der Waals surface area contributed by atoms with Crippen molar-refractivity contribution in [2.45, 2.75) is 51.0 Å². The summed E-state index contributed by atoms with van der Waals surface area (Å²) in [6.07, 6.45) is 4.83. The maximum absolute atomic E-state index is 4.83. The van der Waals surface area contributed by atoms with Crippen LogP contribution in [0.25, 0.3) is 0 Å². The fourth-order valence-corrected chi connectivity index (χ4v) is 4.58. The van der Waals surface area contributed by atoms with Crippen LogP contribution in [0.15, 0.2) is 30.3 Å². The zero-order valence-electron chi connectivity index (χ0n) is 13.1. The summed E-state index contributed by atoms with van der Waals surface area (Å²) in [5.41, 5.74) is 2.78. The molecule has 1 saturated carbocycles. The Labute approximate surface area is 131 Å². The van der Waals surface area contributed by atoms with Crippen LogP contribution >= 0.6 is 11.3 Å². The van der Waals surface area contributed by atoms with Gasteiger partial charge in [0.25, 0.3) is 0 Å². The standard InChI is InChI=1S/C18H24N2S/c1-13-14(2)21-17(20-13)18(19-3)11-9-16(10-12-18)15-7-5-4-6-8-15/h4-8,16,19H,9-12H2,1-3H3. The van der Waals surface area contributed by atoms with Crippen molar-refractivity contribution in [2.24, 2.45) is 0 Å². The van der Waals surface area contributed by atoms with E-state index in [1.807, 2.05) is 11.3 Å². The lowest BCUT2D eigenvalue weighted by atomic mass is 9.74. The Morgan fingerprint density at radius 2 is 1.81 bits per heavy atom. The molecule has 0 spiro atoms. The fourth-order valence-electron chi connectivity index (χ4n) is 3.42. The molecular formula is C18H24N2S. The highest BCUT2D eigenvalue weighted by atomic mass is 32.1. The summed E-state index contributed by atoms with van der Waals surface area (Å²) in [6.45, 7) is 4.30. The van der Waals surface area contributed by atoms with Gasteiger partial charge in [0.2, 0.25) is 0 Å². The monoisotopic (exact) mass is 300 g/mol. The molecule has 1 aromatic carbocycles. The Balaban J connectivity index is 1.79. The smallest absolute Gasteiger partial charge is 0.113 e. The minimum absolute atomic E-state index is 0.0922. The van der Waals surface area contributed by atoms with E-state index in [4.69, 9.17) is 4.98 Å². The minimum atomic E-state index is 0.0922. The molecular weight excluding hydrogens is 276 g/mol. The molecule has 1 aliphatic rings. The zero-order valence-corrected chi connectivity index (χ0v) is 14.0. The molecule has 112 valence electrons.